The second-order valence-corrected chi connectivity index (χ2v) is 5.84. The standard InChI is InChI=1S/C19H26N2O3/c1-4-7-12-19(17(22)20-5-2,18(23)24-6-3)15-13-21-16-11-9-8-10-14(15)16/h8-11,13,21H,4-7,12H2,1-3H3,(H,20,22). The van der Waals surface area contributed by atoms with Gasteiger partial charge in [-0.05, 0) is 26.3 Å². The molecule has 0 aliphatic heterocycles. The van der Waals surface area contributed by atoms with Crippen LogP contribution in [0.3, 0.4) is 0 Å². The summed E-state index contributed by atoms with van der Waals surface area (Å²) in [5.41, 5.74) is 0.277. The van der Waals surface area contributed by atoms with E-state index in [2.05, 4.69) is 10.3 Å². The smallest absolute Gasteiger partial charge is 0.326 e. The van der Waals surface area contributed by atoms with Gasteiger partial charge in [0, 0.05) is 29.2 Å². The molecule has 0 aliphatic carbocycles. The van der Waals surface area contributed by atoms with Crippen molar-refractivity contribution in [1.82, 2.24) is 10.3 Å². The number of para-hydroxylation sites is 1. The molecule has 0 bridgehead atoms. The van der Waals surface area contributed by atoms with Crippen LogP contribution in [-0.4, -0.2) is 30.0 Å². The number of nitrogens with one attached hydrogen (secondary N) is 2. The predicted octanol–water partition coefficient (Wildman–Crippen LogP) is 3.30. The van der Waals surface area contributed by atoms with Crippen LogP contribution in [0.4, 0.5) is 0 Å². The summed E-state index contributed by atoms with van der Waals surface area (Å²) >= 11 is 0. The minimum Gasteiger partial charge on any atom is -0.465 e. The summed E-state index contributed by atoms with van der Waals surface area (Å²) in [6.45, 7) is 6.37. The number of aromatic nitrogens is 1. The Kier molecular flexibility index (Phi) is 6.01. The second kappa shape index (κ2) is 7.99. The molecule has 130 valence electrons. The van der Waals surface area contributed by atoms with Crippen LogP contribution in [0.25, 0.3) is 10.9 Å². The van der Waals surface area contributed by atoms with Crippen molar-refractivity contribution in [1.29, 1.82) is 0 Å². The Labute approximate surface area is 142 Å². The molecule has 1 unspecified atom stereocenters. The molecule has 2 N–H and O–H groups in total. The molecule has 1 heterocycles. The zero-order chi connectivity index (χ0) is 17.6. The number of unbranched alkanes of at least 4 members (excludes halogenated alkanes) is 1. The van der Waals surface area contributed by atoms with E-state index in [4.69, 9.17) is 4.74 Å². The SMILES string of the molecule is CCCCC(C(=O)NCC)(C(=O)OCC)c1c[nH]c2ccccc12. The average molecular weight is 330 g/mol. The average Bonchev–Trinajstić information content (AvgIpc) is 3.01. The molecule has 2 rings (SSSR count). The van der Waals surface area contributed by atoms with Crippen LogP contribution in [0.5, 0.6) is 0 Å². The lowest BCUT2D eigenvalue weighted by Gasteiger charge is -2.30. The zero-order valence-electron chi connectivity index (χ0n) is 14.6. The molecule has 5 nitrogen and oxygen atoms in total. The molecule has 2 aromatic rings. The molecule has 0 spiro atoms. The maximum absolute atomic E-state index is 13.0. The number of hydrogen-bond donors (Lipinski definition) is 2. The van der Waals surface area contributed by atoms with Gasteiger partial charge in [0.1, 0.15) is 0 Å². The van der Waals surface area contributed by atoms with Crippen molar-refractivity contribution in [2.24, 2.45) is 0 Å². The van der Waals surface area contributed by atoms with E-state index in [9.17, 15) is 9.59 Å². The predicted molar refractivity (Wildman–Crippen MR) is 94.8 cm³/mol. The van der Waals surface area contributed by atoms with Crippen LogP contribution < -0.4 is 5.32 Å². The van der Waals surface area contributed by atoms with Gasteiger partial charge >= 0.3 is 5.97 Å². The van der Waals surface area contributed by atoms with Gasteiger partial charge in [-0.15, -0.1) is 0 Å². The van der Waals surface area contributed by atoms with Crippen LogP contribution in [0.1, 0.15) is 45.6 Å². The third-order valence-corrected chi connectivity index (χ3v) is 4.30. The minimum atomic E-state index is -1.32. The highest BCUT2D eigenvalue weighted by Crippen LogP contribution is 2.37. The lowest BCUT2D eigenvalue weighted by Crippen LogP contribution is -2.51. The Hall–Kier alpha value is -2.30. The summed E-state index contributed by atoms with van der Waals surface area (Å²) < 4.78 is 5.33. The van der Waals surface area contributed by atoms with E-state index in [0.29, 0.717) is 18.5 Å². The lowest BCUT2D eigenvalue weighted by molar-refractivity contribution is -0.155. The topological polar surface area (TPSA) is 71.2 Å². The highest BCUT2D eigenvalue weighted by molar-refractivity contribution is 6.11. The first kappa shape index (κ1) is 18.0. The second-order valence-electron chi connectivity index (χ2n) is 5.84. The summed E-state index contributed by atoms with van der Waals surface area (Å²) in [6.07, 6.45) is 3.85. The van der Waals surface area contributed by atoms with E-state index in [0.717, 1.165) is 23.7 Å². The number of carbonyl (C=O) groups is 2. The fraction of sp³-hybridized carbons (Fsp3) is 0.474. The molecule has 1 atom stereocenters. The maximum Gasteiger partial charge on any atom is 0.326 e. The van der Waals surface area contributed by atoms with Gasteiger partial charge in [-0.1, -0.05) is 38.0 Å². The quantitative estimate of drug-likeness (QED) is 0.576. The molecule has 1 aromatic heterocycles. The summed E-state index contributed by atoms with van der Waals surface area (Å²) in [6, 6.07) is 7.70. The van der Waals surface area contributed by atoms with Crippen molar-refractivity contribution < 1.29 is 14.3 Å². The van der Waals surface area contributed by atoms with Gasteiger partial charge in [0.05, 0.1) is 6.61 Å². The van der Waals surface area contributed by atoms with Gasteiger partial charge in [-0.25, -0.2) is 0 Å². The number of amides is 1. The third-order valence-electron chi connectivity index (χ3n) is 4.30. The molecule has 24 heavy (non-hydrogen) atoms. The van der Waals surface area contributed by atoms with Crippen LogP contribution in [0.2, 0.25) is 0 Å². The van der Waals surface area contributed by atoms with Gasteiger partial charge in [-0.2, -0.15) is 0 Å². The fourth-order valence-corrected chi connectivity index (χ4v) is 3.11. The number of rotatable bonds is 8. The maximum atomic E-state index is 13.0. The first-order valence-corrected chi connectivity index (χ1v) is 8.63. The van der Waals surface area contributed by atoms with Crippen molar-refractivity contribution in [2.75, 3.05) is 13.2 Å². The lowest BCUT2D eigenvalue weighted by atomic mass is 9.75. The Morgan fingerprint density at radius 2 is 1.96 bits per heavy atom. The first-order valence-electron chi connectivity index (χ1n) is 8.63. The summed E-state index contributed by atoms with van der Waals surface area (Å²) in [7, 11) is 0. The van der Waals surface area contributed by atoms with E-state index in [1.807, 2.05) is 38.1 Å². The molecule has 0 saturated carbocycles. The number of benzene rings is 1. The fourth-order valence-electron chi connectivity index (χ4n) is 3.11. The van der Waals surface area contributed by atoms with Gasteiger partial charge in [0.2, 0.25) is 5.91 Å². The monoisotopic (exact) mass is 330 g/mol. The van der Waals surface area contributed by atoms with Crippen LogP contribution in [-0.2, 0) is 19.7 Å². The van der Waals surface area contributed by atoms with Crippen molar-refractivity contribution in [3.8, 4) is 0 Å². The van der Waals surface area contributed by atoms with Gasteiger partial charge < -0.3 is 15.0 Å². The van der Waals surface area contributed by atoms with Crippen LogP contribution in [0.15, 0.2) is 30.5 Å². The third kappa shape index (κ3) is 3.16. The largest absolute Gasteiger partial charge is 0.465 e. The Morgan fingerprint density at radius 1 is 1.21 bits per heavy atom. The number of ether oxygens (including phenoxy) is 1. The number of esters is 1. The van der Waals surface area contributed by atoms with Crippen LogP contribution in [0, 0.1) is 0 Å². The Balaban J connectivity index is 2.66. The number of H-pyrrole nitrogens is 1. The number of hydrogen-bond acceptors (Lipinski definition) is 3. The van der Waals surface area contributed by atoms with Crippen molar-refractivity contribution in [3.05, 3.63) is 36.0 Å². The van der Waals surface area contributed by atoms with E-state index >= 15 is 0 Å². The van der Waals surface area contributed by atoms with Crippen molar-refractivity contribution in [3.63, 3.8) is 0 Å². The molecule has 0 fully saturated rings. The van der Waals surface area contributed by atoms with Crippen molar-refractivity contribution in [2.45, 2.75) is 45.4 Å². The van der Waals surface area contributed by atoms with E-state index in [-0.39, 0.29) is 12.5 Å². The molecule has 0 radical (unpaired) electrons. The molecule has 0 saturated heterocycles. The van der Waals surface area contributed by atoms with Gasteiger partial charge in [0.25, 0.3) is 0 Å². The van der Waals surface area contributed by atoms with Crippen LogP contribution >= 0.6 is 0 Å². The molecular weight excluding hydrogens is 304 g/mol. The van der Waals surface area contributed by atoms with E-state index < -0.39 is 11.4 Å². The minimum absolute atomic E-state index is 0.245. The number of carbonyl (C=O) groups excluding carboxylic acids is 2. The molecule has 1 amide bonds. The molecular formula is C19H26N2O3. The number of aromatic amines is 1. The van der Waals surface area contributed by atoms with Crippen molar-refractivity contribution >= 4 is 22.8 Å². The molecule has 0 aliphatic rings. The summed E-state index contributed by atoms with van der Waals surface area (Å²) in [5, 5.41) is 3.72. The van der Waals surface area contributed by atoms with E-state index in [1.165, 1.54) is 0 Å². The summed E-state index contributed by atoms with van der Waals surface area (Å²) in [5.74, 6) is -0.768. The number of fused-ring (bicyclic) bond motifs is 1. The van der Waals surface area contributed by atoms with Gasteiger partial charge in [-0.3, -0.25) is 9.59 Å². The number of likely N-dealkylation sites (N-methyl/N-ethyl adjacent to an activating group) is 1. The summed E-state index contributed by atoms with van der Waals surface area (Å²) in [4.78, 5) is 29.1. The van der Waals surface area contributed by atoms with Gasteiger partial charge in [0.15, 0.2) is 5.41 Å². The normalized spacial score (nSPS) is 13.5. The Bertz CT molecular complexity index is 687. The highest BCUT2D eigenvalue weighted by atomic mass is 16.5. The molecule has 5 heteroatoms. The van der Waals surface area contributed by atoms with E-state index in [1.54, 1.807) is 13.1 Å². The Morgan fingerprint density at radius 3 is 2.62 bits per heavy atom. The molecule has 1 aromatic carbocycles. The highest BCUT2D eigenvalue weighted by Gasteiger charge is 2.49. The zero-order valence-corrected chi connectivity index (χ0v) is 14.6. The first-order chi connectivity index (χ1) is 11.6.